The van der Waals surface area contributed by atoms with Crippen LogP contribution in [0.2, 0.25) is 0 Å². The molecule has 1 saturated carbocycles. The summed E-state index contributed by atoms with van der Waals surface area (Å²) in [6.45, 7) is 0.948. The lowest BCUT2D eigenvalue weighted by atomic mass is 10.2. The molecule has 1 aliphatic carbocycles. The standard InChI is InChI=1S/C16H19N5O3/c22-14(17-8-9-18-15(23)11-5-6-11)7-10-21-16(24)12-3-1-2-4-13(12)19-20-21/h1-4,11H,5-10H2,(H,17,22)(H,18,23). The molecule has 2 N–H and O–H groups in total. The molecule has 24 heavy (non-hydrogen) atoms. The summed E-state index contributed by atoms with van der Waals surface area (Å²) in [5, 5.41) is 13.8. The molecule has 2 aromatic rings. The van der Waals surface area contributed by atoms with E-state index < -0.39 is 0 Å². The SMILES string of the molecule is O=C(CCn1nnc2ccccc2c1=O)NCCNC(=O)C1CC1. The van der Waals surface area contributed by atoms with Gasteiger partial charge in [0.05, 0.1) is 11.9 Å². The van der Waals surface area contributed by atoms with Gasteiger partial charge in [0.15, 0.2) is 0 Å². The van der Waals surface area contributed by atoms with Crippen LogP contribution in [0.4, 0.5) is 0 Å². The minimum Gasteiger partial charge on any atom is -0.354 e. The number of fused-ring (bicyclic) bond motifs is 1. The van der Waals surface area contributed by atoms with Crippen LogP contribution in [-0.4, -0.2) is 39.9 Å². The largest absolute Gasteiger partial charge is 0.354 e. The highest BCUT2D eigenvalue weighted by Gasteiger charge is 2.28. The molecule has 1 fully saturated rings. The molecule has 2 amide bonds. The fourth-order valence-electron chi connectivity index (χ4n) is 2.34. The predicted octanol–water partition coefficient (Wildman–Crippen LogP) is -0.176. The van der Waals surface area contributed by atoms with E-state index in [1.54, 1.807) is 24.3 Å². The molecule has 8 heteroatoms. The van der Waals surface area contributed by atoms with Crippen molar-refractivity contribution >= 4 is 22.7 Å². The van der Waals surface area contributed by atoms with Crippen LogP contribution < -0.4 is 16.2 Å². The maximum atomic E-state index is 12.2. The van der Waals surface area contributed by atoms with Crippen molar-refractivity contribution in [2.75, 3.05) is 13.1 Å². The zero-order valence-electron chi connectivity index (χ0n) is 13.2. The number of rotatable bonds is 7. The fourth-order valence-corrected chi connectivity index (χ4v) is 2.34. The van der Waals surface area contributed by atoms with Gasteiger partial charge in [0.1, 0.15) is 5.52 Å². The molecule has 0 bridgehead atoms. The highest BCUT2D eigenvalue weighted by atomic mass is 16.2. The van der Waals surface area contributed by atoms with Crippen LogP contribution in [0.3, 0.4) is 0 Å². The number of benzene rings is 1. The van der Waals surface area contributed by atoms with E-state index in [0.717, 1.165) is 12.8 Å². The van der Waals surface area contributed by atoms with E-state index in [0.29, 0.717) is 24.0 Å². The summed E-state index contributed by atoms with van der Waals surface area (Å²) in [6, 6.07) is 6.96. The zero-order valence-corrected chi connectivity index (χ0v) is 13.2. The highest BCUT2D eigenvalue weighted by Crippen LogP contribution is 2.28. The van der Waals surface area contributed by atoms with Crippen molar-refractivity contribution in [3.8, 4) is 0 Å². The topological polar surface area (TPSA) is 106 Å². The van der Waals surface area contributed by atoms with Gasteiger partial charge in [0, 0.05) is 25.4 Å². The van der Waals surface area contributed by atoms with E-state index in [1.165, 1.54) is 4.68 Å². The Kier molecular flexibility index (Phi) is 4.83. The maximum Gasteiger partial charge on any atom is 0.277 e. The van der Waals surface area contributed by atoms with Gasteiger partial charge in [-0.25, -0.2) is 4.68 Å². The Balaban J connectivity index is 1.45. The van der Waals surface area contributed by atoms with Crippen molar-refractivity contribution in [3.63, 3.8) is 0 Å². The monoisotopic (exact) mass is 329 g/mol. The second-order valence-corrected chi connectivity index (χ2v) is 5.80. The molecule has 1 aromatic heterocycles. The number of hydrogen-bond acceptors (Lipinski definition) is 5. The first kappa shape index (κ1) is 16.1. The molecule has 126 valence electrons. The minimum atomic E-state index is -0.259. The fraction of sp³-hybridized carbons (Fsp3) is 0.438. The molecule has 0 radical (unpaired) electrons. The molecule has 1 aromatic carbocycles. The Bertz CT molecular complexity index is 813. The van der Waals surface area contributed by atoms with Gasteiger partial charge in [-0.3, -0.25) is 14.4 Å². The van der Waals surface area contributed by atoms with Crippen molar-refractivity contribution in [1.82, 2.24) is 25.6 Å². The van der Waals surface area contributed by atoms with Crippen molar-refractivity contribution < 1.29 is 9.59 Å². The Morgan fingerprint density at radius 1 is 1.17 bits per heavy atom. The lowest BCUT2D eigenvalue weighted by Crippen LogP contribution is -2.36. The van der Waals surface area contributed by atoms with Gasteiger partial charge in [-0.05, 0) is 25.0 Å². The van der Waals surface area contributed by atoms with Gasteiger partial charge in [-0.15, -0.1) is 5.10 Å². The van der Waals surface area contributed by atoms with Gasteiger partial charge in [0.2, 0.25) is 11.8 Å². The summed E-state index contributed by atoms with van der Waals surface area (Å²) >= 11 is 0. The normalized spacial score (nSPS) is 13.7. The van der Waals surface area contributed by atoms with Crippen molar-refractivity contribution in [1.29, 1.82) is 0 Å². The lowest BCUT2D eigenvalue weighted by molar-refractivity contribution is -0.123. The average Bonchev–Trinajstić information content (AvgIpc) is 3.43. The molecule has 0 saturated heterocycles. The third-order valence-electron chi connectivity index (χ3n) is 3.87. The van der Waals surface area contributed by atoms with E-state index in [2.05, 4.69) is 20.9 Å². The molecular weight excluding hydrogens is 310 g/mol. The summed E-state index contributed by atoms with van der Waals surface area (Å²) in [5.41, 5.74) is 0.278. The van der Waals surface area contributed by atoms with Gasteiger partial charge in [0.25, 0.3) is 5.56 Å². The minimum absolute atomic E-state index is 0.0576. The second-order valence-electron chi connectivity index (χ2n) is 5.80. The summed E-state index contributed by atoms with van der Waals surface area (Å²) in [5.74, 6) is 0.0267. The smallest absolute Gasteiger partial charge is 0.277 e. The van der Waals surface area contributed by atoms with Crippen LogP contribution in [0.25, 0.3) is 10.9 Å². The van der Waals surface area contributed by atoms with Gasteiger partial charge < -0.3 is 10.6 Å². The molecule has 1 heterocycles. The maximum absolute atomic E-state index is 12.2. The van der Waals surface area contributed by atoms with E-state index in [-0.39, 0.29) is 36.3 Å². The van der Waals surface area contributed by atoms with E-state index >= 15 is 0 Å². The van der Waals surface area contributed by atoms with Crippen molar-refractivity contribution in [2.45, 2.75) is 25.8 Å². The summed E-state index contributed by atoms with van der Waals surface area (Å²) in [7, 11) is 0. The molecule has 0 aliphatic heterocycles. The first-order chi connectivity index (χ1) is 11.6. The number of carbonyl (C=O) groups is 2. The number of carbonyl (C=O) groups excluding carboxylic acids is 2. The molecule has 0 unspecified atom stereocenters. The van der Waals surface area contributed by atoms with Crippen LogP contribution in [0, 0.1) is 5.92 Å². The van der Waals surface area contributed by atoms with Crippen LogP contribution in [0.15, 0.2) is 29.1 Å². The average molecular weight is 329 g/mol. The van der Waals surface area contributed by atoms with E-state index in [4.69, 9.17) is 0 Å². The molecule has 3 rings (SSSR count). The molecule has 8 nitrogen and oxygen atoms in total. The number of aromatic nitrogens is 3. The van der Waals surface area contributed by atoms with Crippen LogP contribution in [-0.2, 0) is 16.1 Å². The number of hydrogen-bond donors (Lipinski definition) is 2. The second kappa shape index (κ2) is 7.20. The molecule has 1 aliphatic rings. The van der Waals surface area contributed by atoms with Crippen molar-refractivity contribution in [2.24, 2.45) is 5.92 Å². The van der Waals surface area contributed by atoms with Gasteiger partial charge in [-0.2, -0.15) is 0 Å². The molecule has 0 spiro atoms. The van der Waals surface area contributed by atoms with Crippen LogP contribution in [0.5, 0.6) is 0 Å². The summed E-state index contributed by atoms with van der Waals surface area (Å²) < 4.78 is 1.19. The number of nitrogens with zero attached hydrogens (tertiary/aromatic N) is 3. The zero-order chi connectivity index (χ0) is 16.9. The molecule has 0 atom stereocenters. The van der Waals surface area contributed by atoms with Crippen LogP contribution >= 0.6 is 0 Å². The lowest BCUT2D eigenvalue weighted by Gasteiger charge is -2.07. The summed E-state index contributed by atoms with van der Waals surface area (Å²) in [4.78, 5) is 35.5. The van der Waals surface area contributed by atoms with Gasteiger partial charge >= 0.3 is 0 Å². The predicted molar refractivity (Wildman–Crippen MR) is 87.2 cm³/mol. The Morgan fingerprint density at radius 2 is 1.92 bits per heavy atom. The Morgan fingerprint density at radius 3 is 2.71 bits per heavy atom. The number of aryl methyl sites for hydroxylation is 1. The third-order valence-corrected chi connectivity index (χ3v) is 3.87. The number of nitrogens with one attached hydrogen (secondary N) is 2. The molecular formula is C16H19N5O3. The first-order valence-electron chi connectivity index (χ1n) is 8.02. The van der Waals surface area contributed by atoms with Crippen LogP contribution in [0.1, 0.15) is 19.3 Å². The van der Waals surface area contributed by atoms with E-state index in [9.17, 15) is 14.4 Å². The van der Waals surface area contributed by atoms with Gasteiger partial charge in [-0.1, -0.05) is 17.3 Å². The number of amides is 2. The van der Waals surface area contributed by atoms with Crippen molar-refractivity contribution in [3.05, 3.63) is 34.6 Å². The summed E-state index contributed by atoms with van der Waals surface area (Å²) in [6.07, 6.45) is 2.04. The third kappa shape index (κ3) is 3.95. The first-order valence-corrected chi connectivity index (χ1v) is 8.02. The van der Waals surface area contributed by atoms with E-state index in [1.807, 2.05) is 0 Å². The Hall–Kier alpha value is -2.77. The quantitative estimate of drug-likeness (QED) is 0.686. The highest BCUT2D eigenvalue weighted by molar-refractivity contribution is 5.81. The Labute approximate surface area is 138 Å².